The number of pyridine rings is 1. The molecule has 3 heterocycles. The summed E-state index contributed by atoms with van der Waals surface area (Å²) < 4.78 is 15.8. The van der Waals surface area contributed by atoms with Gasteiger partial charge in [-0.15, -0.1) is 0 Å². The van der Waals surface area contributed by atoms with Crippen LogP contribution in [0.15, 0.2) is 36.8 Å². The van der Waals surface area contributed by atoms with Crippen LogP contribution < -0.4 is 5.32 Å². The van der Waals surface area contributed by atoms with Crippen LogP contribution >= 0.6 is 0 Å². The predicted molar refractivity (Wildman–Crippen MR) is 117 cm³/mol. The second kappa shape index (κ2) is 8.26. The number of nitrogens with zero attached hydrogens (tertiary/aromatic N) is 4. The number of fused-ring (bicyclic) bond motifs is 1. The number of amides is 1. The summed E-state index contributed by atoms with van der Waals surface area (Å²) in [5, 5.41) is 6.14. The van der Waals surface area contributed by atoms with Crippen molar-refractivity contribution in [3.8, 4) is 11.1 Å². The minimum Gasteiger partial charge on any atom is -0.310 e. The average Bonchev–Trinajstić information content (AvgIpc) is 3.19. The molecule has 0 spiro atoms. The molecule has 6 radical (unpaired) electrons. The quantitative estimate of drug-likeness (QED) is 0.667. The largest absolute Gasteiger partial charge is 0.310 e. The van der Waals surface area contributed by atoms with Gasteiger partial charge >= 0.3 is 0 Å². The number of halogens is 1. The predicted octanol–water partition coefficient (Wildman–Crippen LogP) is 1.74. The molecule has 1 N–H and O–H groups in total. The molecule has 146 valence electrons. The van der Waals surface area contributed by atoms with Crippen molar-refractivity contribution in [2.45, 2.75) is 24.5 Å². The topological polar surface area (TPSA) is 63.1 Å². The Bertz CT molecular complexity index is 1080. The number of hydrogen-bond acceptors (Lipinski definition) is 4. The highest BCUT2D eigenvalue weighted by molar-refractivity contribution is 6.56. The van der Waals surface area contributed by atoms with Gasteiger partial charge in [0.2, 0.25) is 5.91 Å². The lowest BCUT2D eigenvalue weighted by atomic mass is 9.49. The van der Waals surface area contributed by atoms with E-state index in [4.69, 9.17) is 23.5 Å². The fourth-order valence-electron chi connectivity index (χ4n) is 3.64. The number of aromatic nitrogens is 3. The molecule has 0 saturated carbocycles. The van der Waals surface area contributed by atoms with Crippen molar-refractivity contribution in [2.75, 3.05) is 25.0 Å². The normalized spacial score (nSPS) is 15.4. The van der Waals surface area contributed by atoms with Gasteiger partial charge in [-0.05, 0) is 60.3 Å². The number of rotatable bonds is 5. The number of carbonyl (C=O) groups excluding carboxylic acids is 1. The first kappa shape index (κ1) is 20.7. The van der Waals surface area contributed by atoms with E-state index in [9.17, 15) is 9.18 Å². The number of likely N-dealkylation sites (tertiary alicyclic amines) is 1. The Kier molecular flexibility index (Phi) is 5.69. The molecule has 0 bridgehead atoms. The average molecular weight is 397 g/mol. The van der Waals surface area contributed by atoms with Crippen LogP contribution in [0.2, 0.25) is 0 Å². The van der Waals surface area contributed by atoms with Crippen LogP contribution in [-0.2, 0) is 10.0 Å². The molecule has 30 heavy (non-hydrogen) atoms. The summed E-state index contributed by atoms with van der Waals surface area (Å²) in [4.78, 5) is 18.7. The Morgan fingerprint density at radius 2 is 1.87 bits per heavy atom. The first-order valence-corrected chi connectivity index (χ1v) is 9.83. The third-order valence-corrected chi connectivity index (χ3v) is 5.18. The van der Waals surface area contributed by atoms with Crippen LogP contribution in [0.1, 0.15) is 19.3 Å². The zero-order valence-electron chi connectivity index (χ0n) is 16.5. The van der Waals surface area contributed by atoms with E-state index in [-0.39, 0.29) is 5.91 Å². The third-order valence-electron chi connectivity index (χ3n) is 5.18. The Labute approximate surface area is 178 Å². The van der Waals surface area contributed by atoms with Gasteiger partial charge in [0, 0.05) is 23.3 Å². The summed E-state index contributed by atoms with van der Waals surface area (Å²) in [6.07, 6.45) is 7.89. The molecular weight excluding hydrogens is 378 g/mol. The molecule has 10 heteroatoms. The van der Waals surface area contributed by atoms with Gasteiger partial charge in [-0.3, -0.25) is 14.4 Å². The lowest BCUT2D eigenvalue weighted by molar-refractivity contribution is -0.117. The molecule has 1 aliphatic rings. The molecule has 1 saturated heterocycles. The summed E-state index contributed by atoms with van der Waals surface area (Å²) in [5.74, 6) is -0.193. The molecular formula is C20H19B3FN5O. The van der Waals surface area contributed by atoms with Crippen LogP contribution in [0.5, 0.6) is 0 Å². The van der Waals surface area contributed by atoms with Gasteiger partial charge in [-0.25, -0.2) is 9.37 Å². The number of nitrogens with one attached hydrogen (secondary N) is 1. The first-order chi connectivity index (χ1) is 14.3. The lowest BCUT2D eigenvalue weighted by Gasteiger charge is -2.25. The summed E-state index contributed by atoms with van der Waals surface area (Å²) in [6.45, 7) is 2.18. The molecule has 0 unspecified atom stereocenters. The van der Waals surface area contributed by atoms with Crippen LogP contribution in [0.4, 0.5) is 10.2 Å². The van der Waals surface area contributed by atoms with Crippen molar-refractivity contribution < 1.29 is 9.18 Å². The Balaban J connectivity index is 1.57. The van der Waals surface area contributed by atoms with Crippen LogP contribution in [-0.4, -0.2) is 68.7 Å². The van der Waals surface area contributed by atoms with Gasteiger partial charge in [0.1, 0.15) is 11.6 Å². The van der Waals surface area contributed by atoms with Crippen molar-refractivity contribution in [3.05, 3.63) is 42.6 Å². The fraction of sp³-hybridized carbons (Fsp3) is 0.350. The molecule has 1 amide bonds. The first-order valence-electron chi connectivity index (χ1n) is 9.83. The Morgan fingerprint density at radius 1 is 1.10 bits per heavy atom. The maximum atomic E-state index is 14.6. The molecule has 1 aromatic carbocycles. The molecule has 2 aromatic heterocycles. The fourth-order valence-corrected chi connectivity index (χ4v) is 3.64. The van der Waals surface area contributed by atoms with E-state index in [1.165, 1.54) is 29.6 Å². The van der Waals surface area contributed by atoms with E-state index in [0.29, 0.717) is 34.3 Å². The number of benzene rings is 1. The summed E-state index contributed by atoms with van der Waals surface area (Å²) in [5.41, 5.74) is 1.18. The van der Waals surface area contributed by atoms with E-state index >= 15 is 0 Å². The van der Waals surface area contributed by atoms with Crippen molar-refractivity contribution in [1.29, 1.82) is 0 Å². The monoisotopic (exact) mass is 397 g/mol. The second-order valence-corrected chi connectivity index (χ2v) is 7.69. The Morgan fingerprint density at radius 3 is 2.57 bits per heavy atom. The molecule has 4 rings (SSSR count). The molecule has 1 aliphatic heterocycles. The molecule has 3 aromatic rings. The SMILES string of the molecule is [B]C([B])([B])n1cc(-c2cc(F)c3cnc(NC(=O)CN4CCCCC4)cc3c2)cn1. The minimum atomic E-state index is -1.65. The highest BCUT2D eigenvalue weighted by atomic mass is 19.1. The van der Waals surface area contributed by atoms with Gasteiger partial charge < -0.3 is 5.32 Å². The molecule has 6 nitrogen and oxygen atoms in total. The van der Waals surface area contributed by atoms with Gasteiger partial charge in [0.05, 0.1) is 36.3 Å². The number of carbonyl (C=O) groups is 1. The zero-order valence-corrected chi connectivity index (χ0v) is 16.5. The zero-order chi connectivity index (χ0) is 21.3. The van der Waals surface area contributed by atoms with E-state index in [1.54, 1.807) is 18.3 Å². The van der Waals surface area contributed by atoms with Crippen molar-refractivity contribution in [1.82, 2.24) is 19.7 Å². The van der Waals surface area contributed by atoms with Crippen LogP contribution in [0.3, 0.4) is 0 Å². The maximum absolute atomic E-state index is 14.6. The van der Waals surface area contributed by atoms with Crippen molar-refractivity contribution in [3.63, 3.8) is 0 Å². The van der Waals surface area contributed by atoms with Crippen molar-refractivity contribution in [2.24, 2.45) is 0 Å². The third kappa shape index (κ3) is 4.59. The van der Waals surface area contributed by atoms with Crippen LogP contribution in [0, 0.1) is 5.82 Å². The maximum Gasteiger partial charge on any atom is 0.239 e. The van der Waals surface area contributed by atoms with Gasteiger partial charge in [0.25, 0.3) is 0 Å². The minimum absolute atomic E-state index is 0.133. The van der Waals surface area contributed by atoms with Gasteiger partial charge in [0.15, 0.2) is 0 Å². The second-order valence-electron chi connectivity index (χ2n) is 7.69. The number of piperidine rings is 1. The summed E-state index contributed by atoms with van der Waals surface area (Å²) >= 11 is 0. The smallest absolute Gasteiger partial charge is 0.239 e. The van der Waals surface area contributed by atoms with Gasteiger partial charge in [-0.1, -0.05) is 6.42 Å². The molecule has 1 fully saturated rings. The lowest BCUT2D eigenvalue weighted by Crippen LogP contribution is -2.36. The van der Waals surface area contributed by atoms with E-state index in [2.05, 4.69) is 20.3 Å². The molecule has 0 aliphatic carbocycles. The summed E-state index contributed by atoms with van der Waals surface area (Å²) in [7, 11) is 16.9. The van der Waals surface area contributed by atoms with E-state index in [0.717, 1.165) is 25.9 Å². The number of hydrogen-bond donors (Lipinski definition) is 1. The Hall–Kier alpha value is -2.61. The van der Waals surface area contributed by atoms with Gasteiger partial charge in [-0.2, -0.15) is 5.10 Å². The highest BCUT2D eigenvalue weighted by Gasteiger charge is 2.16. The standard InChI is InChI=1S/C20H19B3FN5O/c21-20(22,23)29-11-15(9-26-29)13-6-14-8-18(25-10-16(14)17(24)7-13)27-19(30)12-28-4-2-1-3-5-28/h6-11H,1-5,12H2,(H,25,27,30). The number of anilines is 1. The van der Waals surface area contributed by atoms with Crippen molar-refractivity contribution >= 4 is 46.0 Å². The summed E-state index contributed by atoms with van der Waals surface area (Å²) in [6, 6.07) is 4.82. The van der Waals surface area contributed by atoms with Crippen LogP contribution in [0.25, 0.3) is 21.9 Å². The van der Waals surface area contributed by atoms with E-state index < -0.39 is 11.1 Å². The molecule has 0 atom stereocenters. The highest BCUT2D eigenvalue weighted by Crippen LogP contribution is 2.28. The van der Waals surface area contributed by atoms with E-state index in [1.807, 2.05) is 0 Å².